The summed E-state index contributed by atoms with van der Waals surface area (Å²) < 4.78 is 0. The lowest BCUT2D eigenvalue weighted by atomic mass is 10.1. The summed E-state index contributed by atoms with van der Waals surface area (Å²) in [6.07, 6.45) is 2.53. The molecule has 0 spiro atoms. The predicted octanol–water partition coefficient (Wildman–Crippen LogP) is 1.70. The topological polar surface area (TPSA) is 77.6 Å². The Hall–Kier alpha value is -2.04. The maximum atomic E-state index is 5.91. The van der Waals surface area contributed by atoms with Gasteiger partial charge in [-0.05, 0) is 26.3 Å². The molecular weight excluding hydrogens is 214 g/mol. The molecule has 0 aliphatic heterocycles. The van der Waals surface area contributed by atoms with Crippen molar-refractivity contribution in [2.75, 3.05) is 5.73 Å². The summed E-state index contributed by atoms with van der Waals surface area (Å²) in [5.74, 6) is 1.79. The van der Waals surface area contributed by atoms with Crippen molar-refractivity contribution in [3.8, 4) is 11.5 Å². The minimum Gasteiger partial charge on any atom is -0.383 e. The third-order valence-electron chi connectivity index (χ3n) is 2.60. The summed E-state index contributed by atoms with van der Waals surface area (Å²) in [5.41, 5.74) is 8.53. The normalized spacial score (nSPS) is 10.5. The third kappa shape index (κ3) is 2.22. The Morgan fingerprint density at radius 3 is 2.53 bits per heavy atom. The second-order valence-corrected chi connectivity index (χ2v) is 3.84. The Morgan fingerprint density at radius 1 is 1.18 bits per heavy atom. The zero-order valence-corrected chi connectivity index (χ0v) is 10.2. The summed E-state index contributed by atoms with van der Waals surface area (Å²) in [4.78, 5) is 17.1. The summed E-state index contributed by atoms with van der Waals surface area (Å²) in [7, 11) is 0. The van der Waals surface area contributed by atoms with Crippen LogP contribution in [-0.4, -0.2) is 19.9 Å². The SMILES string of the molecule is CCc1c(C)nc(-c2ccnc(C)n2)nc1N. The first kappa shape index (κ1) is 11.4. The van der Waals surface area contributed by atoms with Gasteiger partial charge < -0.3 is 5.73 Å². The van der Waals surface area contributed by atoms with Crippen LogP contribution in [0.5, 0.6) is 0 Å². The van der Waals surface area contributed by atoms with Gasteiger partial charge in [-0.3, -0.25) is 0 Å². The fraction of sp³-hybridized carbons (Fsp3) is 0.333. The van der Waals surface area contributed by atoms with Gasteiger partial charge >= 0.3 is 0 Å². The first-order valence-electron chi connectivity index (χ1n) is 5.54. The van der Waals surface area contributed by atoms with Gasteiger partial charge in [0.1, 0.15) is 17.3 Å². The molecule has 2 rings (SSSR count). The molecule has 5 heteroatoms. The fourth-order valence-corrected chi connectivity index (χ4v) is 1.75. The third-order valence-corrected chi connectivity index (χ3v) is 2.60. The second-order valence-electron chi connectivity index (χ2n) is 3.84. The standard InChI is InChI=1S/C12H15N5/c1-4-9-7(2)15-12(17-11(9)13)10-5-6-14-8(3)16-10/h5-6H,4H2,1-3H3,(H2,13,15,17). The monoisotopic (exact) mass is 229 g/mol. The van der Waals surface area contributed by atoms with Crippen molar-refractivity contribution in [1.82, 2.24) is 19.9 Å². The highest BCUT2D eigenvalue weighted by atomic mass is 15.0. The van der Waals surface area contributed by atoms with Crippen LogP contribution in [0, 0.1) is 13.8 Å². The molecule has 5 nitrogen and oxygen atoms in total. The van der Waals surface area contributed by atoms with E-state index in [4.69, 9.17) is 5.73 Å². The molecule has 0 fully saturated rings. The van der Waals surface area contributed by atoms with Gasteiger partial charge in [-0.1, -0.05) is 6.92 Å². The Balaban J connectivity index is 2.54. The number of nitrogens with two attached hydrogens (primary N) is 1. The molecule has 88 valence electrons. The van der Waals surface area contributed by atoms with Gasteiger partial charge in [0, 0.05) is 17.5 Å². The number of nitrogens with zero attached hydrogens (tertiary/aromatic N) is 4. The van der Waals surface area contributed by atoms with E-state index >= 15 is 0 Å². The van der Waals surface area contributed by atoms with E-state index in [1.165, 1.54) is 0 Å². The van der Waals surface area contributed by atoms with Gasteiger partial charge in [0.2, 0.25) is 0 Å². The number of aryl methyl sites for hydroxylation is 2. The van der Waals surface area contributed by atoms with Crippen LogP contribution < -0.4 is 5.73 Å². The van der Waals surface area contributed by atoms with E-state index in [1.54, 1.807) is 12.3 Å². The largest absolute Gasteiger partial charge is 0.383 e. The number of rotatable bonds is 2. The lowest BCUT2D eigenvalue weighted by Gasteiger charge is -2.08. The zero-order valence-electron chi connectivity index (χ0n) is 10.2. The van der Waals surface area contributed by atoms with Crippen molar-refractivity contribution < 1.29 is 0 Å². The molecule has 0 aromatic carbocycles. The van der Waals surface area contributed by atoms with E-state index in [0.29, 0.717) is 23.2 Å². The van der Waals surface area contributed by atoms with E-state index in [9.17, 15) is 0 Å². The molecule has 0 saturated heterocycles. The number of nitrogen functional groups attached to an aromatic ring is 1. The van der Waals surface area contributed by atoms with Crippen molar-refractivity contribution in [2.24, 2.45) is 0 Å². The van der Waals surface area contributed by atoms with Crippen molar-refractivity contribution in [3.63, 3.8) is 0 Å². The van der Waals surface area contributed by atoms with Crippen LogP contribution in [0.3, 0.4) is 0 Å². The number of hydrogen-bond acceptors (Lipinski definition) is 5. The summed E-state index contributed by atoms with van der Waals surface area (Å²) in [6.45, 7) is 5.81. The number of aromatic nitrogens is 4. The maximum Gasteiger partial charge on any atom is 0.180 e. The second kappa shape index (κ2) is 4.45. The average molecular weight is 229 g/mol. The summed E-state index contributed by atoms with van der Waals surface area (Å²) in [6, 6.07) is 1.78. The molecule has 17 heavy (non-hydrogen) atoms. The van der Waals surface area contributed by atoms with Crippen LogP contribution in [0.2, 0.25) is 0 Å². The molecular formula is C12H15N5. The highest BCUT2D eigenvalue weighted by Gasteiger charge is 2.10. The highest BCUT2D eigenvalue weighted by Crippen LogP contribution is 2.19. The molecule has 2 aromatic heterocycles. The Bertz CT molecular complexity index is 527. The number of anilines is 1. The van der Waals surface area contributed by atoms with E-state index in [2.05, 4.69) is 19.9 Å². The van der Waals surface area contributed by atoms with Gasteiger partial charge in [-0.25, -0.2) is 19.9 Å². The van der Waals surface area contributed by atoms with E-state index < -0.39 is 0 Å². The van der Waals surface area contributed by atoms with Crippen molar-refractivity contribution in [2.45, 2.75) is 27.2 Å². The van der Waals surface area contributed by atoms with Crippen LogP contribution in [0.4, 0.5) is 5.82 Å². The Labute approximate surface area is 100 Å². The Kier molecular flexibility index (Phi) is 2.99. The van der Waals surface area contributed by atoms with Crippen LogP contribution in [-0.2, 0) is 6.42 Å². The van der Waals surface area contributed by atoms with E-state index in [1.807, 2.05) is 20.8 Å². The first-order valence-corrected chi connectivity index (χ1v) is 5.54. The van der Waals surface area contributed by atoms with Gasteiger partial charge in [-0.15, -0.1) is 0 Å². The molecule has 0 unspecified atom stereocenters. The van der Waals surface area contributed by atoms with Crippen molar-refractivity contribution in [3.05, 3.63) is 29.3 Å². The molecule has 0 saturated carbocycles. The smallest absolute Gasteiger partial charge is 0.180 e. The average Bonchev–Trinajstić information content (AvgIpc) is 2.28. The van der Waals surface area contributed by atoms with Gasteiger partial charge in [-0.2, -0.15) is 0 Å². The van der Waals surface area contributed by atoms with Crippen molar-refractivity contribution >= 4 is 5.82 Å². The van der Waals surface area contributed by atoms with E-state index in [-0.39, 0.29) is 0 Å². The quantitative estimate of drug-likeness (QED) is 0.848. The van der Waals surface area contributed by atoms with Crippen LogP contribution in [0.25, 0.3) is 11.5 Å². The lowest BCUT2D eigenvalue weighted by molar-refractivity contribution is 0.986. The summed E-state index contributed by atoms with van der Waals surface area (Å²) in [5, 5.41) is 0. The molecule has 0 aliphatic carbocycles. The van der Waals surface area contributed by atoms with Crippen LogP contribution >= 0.6 is 0 Å². The van der Waals surface area contributed by atoms with Crippen LogP contribution in [0.15, 0.2) is 12.3 Å². The molecule has 0 bridgehead atoms. The minimum atomic E-state index is 0.534. The van der Waals surface area contributed by atoms with Gasteiger partial charge in [0.15, 0.2) is 5.82 Å². The maximum absolute atomic E-state index is 5.91. The fourth-order valence-electron chi connectivity index (χ4n) is 1.75. The zero-order chi connectivity index (χ0) is 12.4. The molecule has 0 radical (unpaired) electrons. The molecule has 0 aliphatic rings. The Morgan fingerprint density at radius 2 is 1.94 bits per heavy atom. The van der Waals surface area contributed by atoms with E-state index in [0.717, 1.165) is 17.7 Å². The highest BCUT2D eigenvalue weighted by molar-refractivity contribution is 5.54. The first-order chi connectivity index (χ1) is 8.11. The molecule has 2 N–H and O–H groups in total. The molecule has 2 heterocycles. The lowest BCUT2D eigenvalue weighted by Crippen LogP contribution is -2.05. The molecule has 0 amide bonds. The van der Waals surface area contributed by atoms with Crippen LogP contribution in [0.1, 0.15) is 24.0 Å². The number of hydrogen-bond donors (Lipinski definition) is 1. The summed E-state index contributed by atoms with van der Waals surface area (Å²) >= 11 is 0. The van der Waals surface area contributed by atoms with Gasteiger partial charge in [0.25, 0.3) is 0 Å². The molecule has 2 aromatic rings. The van der Waals surface area contributed by atoms with Crippen molar-refractivity contribution in [1.29, 1.82) is 0 Å². The predicted molar refractivity (Wildman–Crippen MR) is 66.3 cm³/mol. The molecule has 0 atom stereocenters. The van der Waals surface area contributed by atoms with Gasteiger partial charge in [0.05, 0.1) is 0 Å². The minimum absolute atomic E-state index is 0.534.